The first-order valence-electron chi connectivity index (χ1n) is 7.42. The molecule has 0 spiro atoms. The molecule has 1 saturated carbocycles. The average molecular weight is 248 g/mol. The van der Waals surface area contributed by atoms with Gasteiger partial charge in [0.15, 0.2) is 0 Å². The van der Waals surface area contributed by atoms with Crippen LogP contribution in [0.25, 0.3) is 0 Å². The predicted octanol–water partition coefficient (Wildman–Crippen LogP) is 3.11. The maximum Gasteiger partial charge on any atom is 0.243 e. The smallest absolute Gasteiger partial charge is 0.243 e. The Labute approximate surface area is 110 Å². The zero-order chi connectivity index (χ0) is 13.0. The monoisotopic (exact) mass is 248 g/mol. The Kier molecular flexibility index (Phi) is 4.27. The molecule has 0 aromatic heterocycles. The summed E-state index contributed by atoms with van der Waals surface area (Å²) in [5, 5.41) is 9.25. The minimum atomic E-state index is -0.648. The number of nitrogens with zero attached hydrogens (tertiary/aromatic N) is 2. The Hall–Kier alpha value is -1.04. The van der Waals surface area contributed by atoms with Crippen molar-refractivity contribution in [2.45, 2.75) is 58.3 Å². The summed E-state index contributed by atoms with van der Waals surface area (Å²) in [6.45, 7) is 3.96. The van der Waals surface area contributed by atoms with Gasteiger partial charge in [0.1, 0.15) is 5.41 Å². The van der Waals surface area contributed by atoms with Crippen molar-refractivity contribution in [3.63, 3.8) is 0 Å². The molecule has 0 N–H and O–H groups in total. The van der Waals surface area contributed by atoms with E-state index in [0.29, 0.717) is 0 Å². The summed E-state index contributed by atoms with van der Waals surface area (Å²) < 4.78 is 0. The van der Waals surface area contributed by atoms with Crippen molar-refractivity contribution in [2.75, 3.05) is 13.1 Å². The minimum absolute atomic E-state index is 0.119. The molecule has 0 aromatic carbocycles. The fraction of sp³-hybridized carbons (Fsp3) is 0.867. The van der Waals surface area contributed by atoms with E-state index in [1.54, 1.807) is 0 Å². The van der Waals surface area contributed by atoms with Gasteiger partial charge in [-0.2, -0.15) is 5.26 Å². The van der Waals surface area contributed by atoms with E-state index in [4.69, 9.17) is 0 Å². The maximum atomic E-state index is 12.5. The Balaban J connectivity index is 1.94. The SMILES string of the molecule is CCCC1CCCN(C(=O)C2(C#N)CCC2)CC1. The van der Waals surface area contributed by atoms with Crippen LogP contribution in [0.1, 0.15) is 58.3 Å². The Bertz CT molecular complexity index is 341. The summed E-state index contributed by atoms with van der Waals surface area (Å²) in [7, 11) is 0. The van der Waals surface area contributed by atoms with Crippen molar-refractivity contribution in [1.82, 2.24) is 4.90 Å². The van der Waals surface area contributed by atoms with Crippen LogP contribution in [0.5, 0.6) is 0 Å². The minimum Gasteiger partial charge on any atom is -0.341 e. The van der Waals surface area contributed by atoms with Crippen LogP contribution < -0.4 is 0 Å². The van der Waals surface area contributed by atoms with Crippen molar-refractivity contribution in [2.24, 2.45) is 11.3 Å². The van der Waals surface area contributed by atoms with Crippen LogP contribution in [0.15, 0.2) is 0 Å². The molecule has 1 aliphatic carbocycles. The van der Waals surface area contributed by atoms with Gasteiger partial charge in [-0.05, 0) is 44.4 Å². The molecule has 1 unspecified atom stereocenters. The molecule has 100 valence electrons. The van der Waals surface area contributed by atoms with E-state index in [-0.39, 0.29) is 5.91 Å². The lowest BCUT2D eigenvalue weighted by molar-refractivity contribution is -0.142. The number of amides is 1. The first kappa shape index (κ1) is 13.4. The summed E-state index contributed by atoms with van der Waals surface area (Å²) in [5.41, 5.74) is -0.648. The van der Waals surface area contributed by atoms with Gasteiger partial charge in [-0.3, -0.25) is 4.79 Å². The summed E-state index contributed by atoms with van der Waals surface area (Å²) >= 11 is 0. The van der Waals surface area contributed by atoms with Gasteiger partial charge < -0.3 is 4.90 Å². The van der Waals surface area contributed by atoms with Gasteiger partial charge in [-0.15, -0.1) is 0 Å². The van der Waals surface area contributed by atoms with Gasteiger partial charge in [0, 0.05) is 13.1 Å². The Morgan fingerprint density at radius 2 is 2.11 bits per heavy atom. The molecular weight excluding hydrogens is 224 g/mol. The highest BCUT2D eigenvalue weighted by Crippen LogP contribution is 2.42. The van der Waals surface area contributed by atoms with E-state index in [1.807, 2.05) is 4.90 Å². The van der Waals surface area contributed by atoms with E-state index < -0.39 is 5.41 Å². The highest BCUT2D eigenvalue weighted by Gasteiger charge is 2.46. The van der Waals surface area contributed by atoms with Gasteiger partial charge in [-0.25, -0.2) is 0 Å². The van der Waals surface area contributed by atoms with Gasteiger partial charge >= 0.3 is 0 Å². The number of hydrogen-bond donors (Lipinski definition) is 0. The summed E-state index contributed by atoms with van der Waals surface area (Å²) in [5.74, 6) is 0.903. The third-order valence-corrected chi connectivity index (χ3v) is 4.66. The van der Waals surface area contributed by atoms with Crippen LogP contribution in [0.3, 0.4) is 0 Å². The van der Waals surface area contributed by atoms with Gasteiger partial charge in [-0.1, -0.05) is 19.8 Å². The fourth-order valence-corrected chi connectivity index (χ4v) is 3.27. The summed E-state index contributed by atoms with van der Waals surface area (Å²) in [6, 6.07) is 2.28. The molecule has 18 heavy (non-hydrogen) atoms. The highest BCUT2D eigenvalue weighted by molar-refractivity contribution is 5.86. The van der Waals surface area contributed by atoms with Crippen molar-refractivity contribution >= 4 is 5.91 Å². The highest BCUT2D eigenvalue weighted by atomic mass is 16.2. The van der Waals surface area contributed by atoms with E-state index >= 15 is 0 Å². The van der Waals surface area contributed by atoms with Gasteiger partial charge in [0.2, 0.25) is 5.91 Å². The van der Waals surface area contributed by atoms with E-state index in [9.17, 15) is 10.1 Å². The standard InChI is InChI=1S/C15H24N2O/c1-2-5-13-6-3-10-17(11-7-13)14(18)15(12-16)8-4-9-15/h13H,2-11H2,1H3. The molecule has 2 aliphatic rings. The lowest BCUT2D eigenvalue weighted by Crippen LogP contribution is -2.47. The van der Waals surface area contributed by atoms with Crippen LogP contribution in [-0.2, 0) is 4.79 Å². The molecule has 3 nitrogen and oxygen atoms in total. The molecule has 1 aliphatic heterocycles. The van der Waals surface area contributed by atoms with Crippen molar-refractivity contribution < 1.29 is 4.79 Å². The molecule has 0 bridgehead atoms. The Morgan fingerprint density at radius 1 is 1.33 bits per heavy atom. The average Bonchev–Trinajstić information content (AvgIpc) is 2.54. The fourth-order valence-electron chi connectivity index (χ4n) is 3.27. The van der Waals surface area contributed by atoms with Crippen LogP contribution >= 0.6 is 0 Å². The number of carbonyl (C=O) groups is 1. The van der Waals surface area contributed by atoms with Gasteiger partial charge in [0.05, 0.1) is 6.07 Å². The first-order valence-corrected chi connectivity index (χ1v) is 7.42. The number of likely N-dealkylation sites (tertiary alicyclic amines) is 1. The van der Waals surface area contributed by atoms with E-state index in [2.05, 4.69) is 13.0 Å². The largest absolute Gasteiger partial charge is 0.341 e. The van der Waals surface area contributed by atoms with Crippen molar-refractivity contribution in [3.05, 3.63) is 0 Å². The predicted molar refractivity (Wildman–Crippen MR) is 70.7 cm³/mol. The molecule has 3 heteroatoms. The Morgan fingerprint density at radius 3 is 2.67 bits per heavy atom. The second-order valence-corrected chi connectivity index (χ2v) is 5.93. The van der Waals surface area contributed by atoms with E-state index in [1.165, 1.54) is 19.3 Å². The quantitative estimate of drug-likeness (QED) is 0.770. The molecule has 1 amide bonds. The summed E-state index contributed by atoms with van der Waals surface area (Å²) in [6.07, 6.45) is 8.59. The molecule has 1 saturated heterocycles. The molecule has 2 fully saturated rings. The molecule has 2 rings (SSSR count). The third kappa shape index (κ3) is 2.53. The molecule has 1 atom stereocenters. The van der Waals surface area contributed by atoms with Gasteiger partial charge in [0.25, 0.3) is 0 Å². The summed E-state index contributed by atoms with van der Waals surface area (Å²) in [4.78, 5) is 14.4. The first-order chi connectivity index (χ1) is 8.72. The molecule has 1 heterocycles. The van der Waals surface area contributed by atoms with Crippen LogP contribution in [0.4, 0.5) is 0 Å². The zero-order valence-electron chi connectivity index (χ0n) is 11.5. The lowest BCUT2D eigenvalue weighted by atomic mass is 9.69. The van der Waals surface area contributed by atoms with Crippen molar-refractivity contribution in [1.29, 1.82) is 5.26 Å². The number of hydrogen-bond acceptors (Lipinski definition) is 2. The molecule has 0 radical (unpaired) electrons. The van der Waals surface area contributed by atoms with Crippen LogP contribution in [-0.4, -0.2) is 23.9 Å². The topological polar surface area (TPSA) is 44.1 Å². The van der Waals surface area contributed by atoms with E-state index in [0.717, 1.165) is 51.1 Å². The second kappa shape index (κ2) is 5.73. The zero-order valence-corrected chi connectivity index (χ0v) is 11.5. The lowest BCUT2D eigenvalue weighted by Gasteiger charge is -2.37. The third-order valence-electron chi connectivity index (χ3n) is 4.66. The maximum absolute atomic E-state index is 12.5. The molecule has 0 aromatic rings. The molecular formula is C15H24N2O. The van der Waals surface area contributed by atoms with Crippen LogP contribution in [0.2, 0.25) is 0 Å². The normalized spacial score (nSPS) is 26.9. The second-order valence-electron chi connectivity index (χ2n) is 5.93. The number of rotatable bonds is 3. The van der Waals surface area contributed by atoms with Crippen molar-refractivity contribution in [3.8, 4) is 6.07 Å². The number of nitriles is 1. The number of carbonyl (C=O) groups excluding carboxylic acids is 1. The van der Waals surface area contributed by atoms with Crippen LogP contribution in [0, 0.1) is 22.7 Å².